The molecule has 19 heavy (non-hydrogen) atoms. The van der Waals surface area contributed by atoms with Crippen LogP contribution in [0.25, 0.3) is 10.8 Å². The molecule has 0 radical (unpaired) electrons. The van der Waals surface area contributed by atoms with E-state index in [-0.39, 0.29) is 0 Å². The first-order chi connectivity index (χ1) is 9.08. The average molecular weight is 275 g/mol. The third kappa shape index (κ3) is 2.09. The summed E-state index contributed by atoms with van der Waals surface area (Å²) >= 11 is -1.95. The lowest BCUT2D eigenvalue weighted by Gasteiger charge is -2.24. The van der Waals surface area contributed by atoms with Crippen LogP contribution in [0.1, 0.15) is 42.5 Å². The molecule has 3 nitrogen and oxygen atoms in total. The number of nitrogens with zero attached hydrogens (tertiary/aromatic N) is 1. The van der Waals surface area contributed by atoms with Gasteiger partial charge in [-0.25, -0.2) is 4.21 Å². The van der Waals surface area contributed by atoms with E-state index in [1.54, 1.807) is 0 Å². The standard InChI is InChI=1S/C15H17NO2S/c1-9-4-3-5-11-12(9)7-15(19(17)18)13-6-10(2)16-8-14(11)13/h6-9H,3-5H2,1-2H3,(H,17,18). The number of benzene rings is 1. The van der Waals surface area contributed by atoms with E-state index in [4.69, 9.17) is 0 Å². The Morgan fingerprint density at radius 2 is 2.16 bits per heavy atom. The van der Waals surface area contributed by atoms with E-state index < -0.39 is 11.1 Å². The van der Waals surface area contributed by atoms with Gasteiger partial charge in [-0.15, -0.1) is 0 Å². The second kappa shape index (κ2) is 4.69. The van der Waals surface area contributed by atoms with Gasteiger partial charge in [0, 0.05) is 22.7 Å². The van der Waals surface area contributed by atoms with Crippen molar-refractivity contribution < 1.29 is 8.76 Å². The maximum atomic E-state index is 11.6. The lowest BCUT2D eigenvalue weighted by molar-refractivity contribution is 0.563. The van der Waals surface area contributed by atoms with E-state index in [0.29, 0.717) is 10.8 Å². The Labute approximate surface area is 115 Å². The van der Waals surface area contributed by atoms with Crippen LogP contribution in [0, 0.1) is 6.92 Å². The van der Waals surface area contributed by atoms with Gasteiger partial charge in [0.1, 0.15) is 0 Å². The van der Waals surface area contributed by atoms with Crippen LogP contribution >= 0.6 is 0 Å². The number of hydrogen-bond acceptors (Lipinski definition) is 2. The number of pyridine rings is 1. The lowest BCUT2D eigenvalue weighted by atomic mass is 9.82. The van der Waals surface area contributed by atoms with Gasteiger partial charge in [0.25, 0.3) is 0 Å². The molecule has 1 aliphatic rings. The molecule has 100 valence electrons. The summed E-state index contributed by atoms with van der Waals surface area (Å²) in [6.45, 7) is 4.10. The second-order valence-corrected chi connectivity index (χ2v) is 6.29. The highest BCUT2D eigenvalue weighted by Gasteiger charge is 2.22. The van der Waals surface area contributed by atoms with E-state index in [9.17, 15) is 8.76 Å². The Hall–Kier alpha value is -1.26. The molecule has 1 heterocycles. The SMILES string of the molecule is Cc1cc2c(S(=O)O)cc3c(c2cn1)CCCC3C. The van der Waals surface area contributed by atoms with Crippen molar-refractivity contribution in [3.63, 3.8) is 0 Å². The predicted octanol–water partition coefficient (Wildman–Crippen LogP) is 3.56. The van der Waals surface area contributed by atoms with Crippen LogP contribution in [0.3, 0.4) is 0 Å². The summed E-state index contributed by atoms with van der Waals surface area (Å²) in [5.74, 6) is 0.455. The molecule has 1 aromatic carbocycles. The summed E-state index contributed by atoms with van der Waals surface area (Å²) in [5, 5.41) is 1.92. The molecule has 2 unspecified atom stereocenters. The predicted molar refractivity (Wildman–Crippen MR) is 76.9 cm³/mol. The molecule has 1 aromatic heterocycles. The van der Waals surface area contributed by atoms with Gasteiger partial charge in [0.15, 0.2) is 11.1 Å². The Morgan fingerprint density at radius 1 is 1.37 bits per heavy atom. The fraction of sp³-hybridized carbons (Fsp3) is 0.400. The van der Waals surface area contributed by atoms with E-state index in [0.717, 1.165) is 29.3 Å². The summed E-state index contributed by atoms with van der Waals surface area (Å²) in [4.78, 5) is 4.88. The molecular weight excluding hydrogens is 258 g/mol. The molecule has 0 amide bonds. The van der Waals surface area contributed by atoms with Crippen LogP contribution < -0.4 is 0 Å². The molecule has 0 saturated heterocycles. The topological polar surface area (TPSA) is 50.2 Å². The minimum atomic E-state index is -1.95. The van der Waals surface area contributed by atoms with Crippen LogP contribution in [-0.2, 0) is 17.5 Å². The first-order valence-electron chi connectivity index (χ1n) is 6.61. The molecule has 0 spiro atoms. The van der Waals surface area contributed by atoms with Gasteiger partial charge in [0.05, 0.1) is 4.90 Å². The molecule has 0 bridgehead atoms. The molecular formula is C15H17NO2S. The molecule has 2 atom stereocenters. The number of aryl methyl sites for hydroxylation is 2. The van der Waals surface area contributed by atoms with E-state index >= 15 is 0 Å². The Kier molecular flexibility index (Phi) is 3.15. The van der Waals surface area contributed by atoms with Crippen molar-refractivity contribution in [2.24, 2.45) is 0 Å². The molecule has 1 N–H and O–H groups in total. The smallest absolute Gasteiger partial charge is 0.187 e. The zero-order chi connectivity index (χ0) is 13.6. The van der Waals surface area contributed by atoms with Gasteiger partial charge in [-0.3, -0.25) is 4.98 Å². The third-order valence-corrected chi connectivity index (χ3v) is 4.76. The molecule has 4 heteroatoms. The van der Waals surface area contributed by atoms with E-state index in [2.05, 4.69) is 11.9 Å². The summed E-state index contributed by atoms with van der Waals surface area (Å²) in [6.07, 6.45) is 5.23. The molecule has 2 aromatic rings. The Balaban J connectivity index is 2.41. The highest BCUT2D eigenvalue weighted by Crippen LogP contribution is 2.38. The highest BCUT2D eigenvalue weighted by molar-refractivity contribution is 7.79. The maximum absolute atomic E-state index is 11.6. The minimum absolute atomic E-state index is 0.455. The number of fused-ring (bicyclic) bond motifs is 3. The van der Waals surface area contributed by atoms with Gasteiger partial charge in [-0.05, 0) is 55.4 Å². The number of aromatic nitrogens is 1. The summed E-state index contributed by atoms with van der Waals surface area (Å²) < 4.78 is 21.2. The molecule has 3 rings (SSSR count). The van der Waals surface area contributed by atoms with Crippen molar-refractivity contribution in [2.75, 3.05) is 0 Å². The van der Waals surface area contributed by atoms with Gasteiger partial charge in [0.2, 0.25) is 0 Å². The van der Waals surface area contributed by atoms with Crippen LogP contribution in [-0.4, -0.2) is 13.7 Å². The molecule has 0 fully saturated rings. The van der Waals surface area contributed by atoms with Crippen molar-refractivity contribution in [3.8, 4) is 0 Å². The lowest BCUT2D eigenvalue weighted by Crippen LogP contribution is -2.09. The zero-order valence-corrected chi connectivity index (χ0v) is 12.0. The normalized spacial score (nSPS) is 20.3. The van der Waals surface area contributed by atoms with Gasteiger partial charge in [-0.1, -0.05) is 6.92 Å². The van der Waals surface area contributed by atoms with Crippen molar-refractivity contribution in [2.45, 2.75) is 43.9 Å². The summed E-state index contributed by atoms with van der Waals surface area (Å²) in [6, 6.07) is 3.84. The van der Waals surface area contributed by atoms with Gasteiger partial charge >= 0.3 is 0 Å². The number of hydrogen-bond donors (Lipinski definition) is 1. The van der Waals surface area contributed by atoms with Crippen LogP contribution in [0.5, 0.6) is 0 Å². The minimum Gasteiger partial charge on any atom is -0.302 e. The largest absolute Gasteiger partial charge is 0.302 e. The first-order valence-corrected chi connectivity index (χ1v) is 7.71. The van der Waals surface area contributed by atoms with E-state index in [1.807, 2.05) is 25.3 Å². The monoisotopic (exact) mass is 275 g/mol. The summed E-state index contributed by atoms with van der Waals surface area (Å²) in [7, 11) is 0. The molecule has 0 saturated carbocycles. The second-order valence-electron chi connectivity index (χ2n) is 5.36. The maximum Gasteiger partial charge on any atom is 0.187 e. The Bertz CT molecular complexity index is 681. The van der Waals surface area contributed by atoms with Gasteiger partial charge in [-0.2, -0.15) is 0 Å². The van der Waals surface area contributed by atoms with Crippen molar-refractivity contribution in [3.05, 3.63) is 35.2 Å². The van der Waals surface area contributed by atoms with Crippen LogP contribution in [0.15, 0.2) is 23.2 Å². The zero-order valence-electron chi connectivity index (χ0n) is 11.1. The molecule has 1 aliphatic carbocycles. The summed E-state index contributed by atoms with van der Waals surface area (Å²) in [5.41, 5.74) is 3.42. The fourth-order valence-electron chi connectivity index (χ4n) is 3.07. The van der Waals surface area contributed by atoms with E-state index in [1.165, 1.54) is 17.5 Å². The fourth-order valence-corrected chi connectivity index (χ4v) is 3.65. The number of rotatable bonds is 1. The van der Waals surface area contributed by atoms with Crippen LogP contribution in [0.4, 0.5) is 0 Å². The van der Waals surface area contributed by atoms with Crippen molar-refractivity contribution >= 4 is 21.9 Å². The quantitative estimate of drug-likeness (QED) is 0.809. The Morgan fingerprint density at radius 3 is 2.89 bits per heavy atom. The third-order valence-electron chi connectivity index (χ3n) is 4.05. The van der Waals surface area contributed by atoms with Crippen molar-refractivity contribution in [1.82, 2.24) is 4.98 Å². The van der Waals surface area contributed by atoms with Gasteiger partial charge < -0.3 is 4.55 Å². The van der Waals surface area contributed by atoms with Crippen molar-refractivity contribution in [1.29, 1.82) is 0 Å². The highest BCUT2D eigenvalue weighted by atomic mass is 32.2. The average Bonchev–Trinajstić information content (AvgIpc) is 2.37. The first kappa shape index (κ1) is 12.8. The molecule has 0 aliphatic heterocycles. The van der Waals surface area contributed by atoms with Crippen LogP contribution in [0.2, 0.25) is 0 Å².